The lowest BCUT2D eigenvalue weighted by molar-refractivity contribution is -0.169. The quantitative estimate of drug-likeness (QED) is 0.669. The van der Waals surface area contributed by atoms with Crippen molar-refractivity contribution in [2.45, 2.75) is 6.42 Å². The molecule has 25 heavy (non-hydrogen) atoms. The summed E-state index contributed by atoms with van der Waals surface area (Å²) < 4.78 is 10.4. The molecule has 0 bridgehead atoms. The molecule has 2 aromatic rings. The van der Waals surface area contributed by atoms with Gasteiger partial charge in [-0.25, -0.2) is 0 Å². The van der Waals surface area contributed by atoms with Crippen LogP contribution in [0.25, 0.3) is 5.57 Å². The van der Waals surface area contributed by atoms with Crippen molar-refractivity contribution < 1.29 is 24.3 Å². The van der Waals surface area contributed by atoms with Crippen molar-refractivity contribution in [3.05, 3.63) is 65.2 Å². The third-order valence-electron chi connectivity index (χ3n) is 4.10. The Kier molecular flexibility index (Phi) is 4.54. The van der Waals surface area contributed by atoms with Crippen LogP contribution >= 0.6 is 0 Å². The van der Waals surface area contributed by atoms with Crippen molar-refractivity contribution in [3.8, 4) is 11.5 Å². The first-order chi connectivity index (χ1) is 12.1. The molecule has 0 fully saturated rings. The molecule has 6 nitrogen and oxygen atoms in total. The van der Waals surface area contributed by atoms with Crippen LogP contribution in [0, 0.1) is 0 Å². The van der Waals surface area contributed by atoms with E-state index < -0.39 is 11.8 Å². The first-order valence-electron chi connectivity index (χ1n) is 7.64. The first kappa shape index (κ1) is 16.7. The molecule has 0 aromatic heterocycles. The van der Waals surface area contributed by atoms with Gasteiger partial charge in [-0.1, -0.05) is 30.3 Å². The summed E-state index contributed by atoms with van der Waals surface area (Å²) in [4.78, 5) is 24.7. The van der Waals surface area contributed by atoms with E-state index in [4.69, 9.17) is 9.47 Å². The molecule has 6 heteroatoms. The zero-order valence-electron chi connectivity index (χ0n) is 13.9. The highest BCUT2D eigenvalue weighted by Gasteiger charge is 2.38. The van der Waals surface area contributed by atoms with Crippen LogP contribution in [0.3, 0.4) is 0 Å². The van der Waals surface area contributed by atoms with Crippen molar-refractivity contribution in [1.29, 1.82) is 0 Å². The maximum Gasteiger partial charge on any atom is 0.285 e. The van der Waals surface area contributed by atoms with Crippen molar-refractivity contribution >= 4 is 17.4 Å². The number of nitrogens with zero attached hydrogens (tertiary/aromatic N) is 1. The molecule has 0 radical (unpaired) electrons. The van der Waals surface area contributed by atoms with Gasteiger partial charge in [-0.2, -0.15) is 0 Å². The predicted octanol–water partition coefficient (Wildman–Crippen LogP) is 2.46. The third-order valence-corrected chi connectivity index (χ3v) is 4.10. The van der Waals surface area contributed by atoms with Crippen LogP contribution in [-0.2, 0) is 16.0 Å². The summed E-state index contributed by atoms with van der Waals surface area (Å²) >= 11 is 0. The molecule has 0 saturated heterocycles. The molecule has 2 amide bonds. The number of hydrogen-bond donors (Lipinski definition) is 1. The SMILES string of the molecule is COc1ccc(C2=C(Cc3ccccc3OC)C(=O)N(O)C2=O)cc1. The number of hydroxylamine groups is 2. The van der Waals surface area contributed by atoms with Gasteiger partial charge in [-0.15, -0.1) is 5.06 Å². The number of hydrogen-bond acceptors (Lipinski definition) is 5. The Bertz CT molecular complexity index is 854. The molecule has 0 spiro atoms. The van der Waals surface area contributed by atoms with Crippen molar-refractivity contribution in [3.63, 3.8) is 0 Å². The van der Waals surface area contributed by atoms with Crippen molar-refractivity contribution in [1.82, 2.24) is 5.06 Å². The Hall–Kier alpha value is -3.12. The maximum absolute atomic E-state index is 12.4. The fraction of sp³-hybridized carbons (Fsp3) is 0.158. The van der Waals surface area contributed by atoms with E-state index in [9.17, 15) is 14.8 Å². The minimum absolute atomic E-state index is 0.157. The molecule has 0 atom stereocenters. The van der Waals surface area contributed by atoms with Gasteiger partial charge in [0.2, 0.25) is 0 Å². The molecule has 0 aliphatic carbocycles. The monoisotopic (exact) mass is 339 g/mol. The maximum atomic E-state index is 12.4. The second-order valence-corrected chi connectivity index (χ2v) is 5.49. The van der Waals surface area contributed by atoms with E-state index in [1.54, 1.807) is 37.4 Å². The Morgan fingerprint density at radius 2 is 1.60 bits per heavy atom. The van der Waals surface area contributed by atoms with Crippen LogP contribution in [0.1, 0.15) is 11.1 Å². The smallest absolute Gasteiger partial charge is 0.285 e. The van der Waals surface area contributed by atoms with Crippen LogP contribution in [0.4, 0.5) is 0 Å². The first-order valence-corrected chi connectivity index (χ1v) is 7.64. The number of rotatable bonds is 5. The summed E-state index contributed by atoms with van der Waals surface area (Å²) in [6, 6.07) is 14.0. The van der Waals surface area contributed by atoms with Gasteiger partial charge in [0.1, 0.15) is 11.5 Å². The van der Waals surface area contributed by atoms with E-state index in [1.807, 2.05) is 18.2 Å². The minimum atomic E-state index is -0.736. The molecular formula is C19H17NO5. The summed E-state index contributed by atoms with van der Waals surface area (Å²) in [5, 5.41) is 9.97. The van der Waals surface area contributed by atoms with E-state index >= 15 is 0 Å². The van der Waals surface area contributed by atoms with E-state index in [0.717, 1.165) is 5.56 Å². The average Bonchev–Trinajstić information content (AvgIpc) is 2.86. The van der Waals surface area contributed by atoms with Gasteiger partial charge in [-0.05, 0) is 29.3 Å². The van der Waals surface area contributed by atoms with Crippen LogP contribution in [0.2, 0.25) is 0 Å². The molecule has 0 unspecified atom stereocenters. The van der Waals surface area contributed by atoms with Gasteiger partial charge in [0.05, 0.1) is 19.8 Å². The number of carbonyl (C=O) groups is 2. The molecule has 1 aliphatic rings. The number of para-hydroxylation sites is 1. The summed E-state index contributed by atoms with van der Waals surface area (Å²) in [6.45, 7) is 0. The highest BCUT2D eigenvalue weighted by molar-refractivity contribution is 6.35. The molecule has 1 N–H and O–H groups in total. The average molecular weight is 339 g/mol. The topological polar surface area (TPSA) is 76.1 Å². The second-order valence-electron chi connectivity index (χ2n) is 5.49. The van der Waals surface area contributed by atoms with Crippen LogP contribution in [0.15, 0.2) is 54.1 Å². The number of imide groups is 1. The van der Waals surface area contributed by atoms with E-state index in [-0.39, 0.29) is 22.6 Å². The summed E-state index contributed by atoms with van der Waals surface area (Å²) in [6.07, 6.45) is 0.174. The molecule has 1 heterocycles. The molecule has 0 saturated carbocycles. The molecule has 3 rings (SSSR count). The van der Waals surface area contributed by atoms with Gasteiger partial charge in [0.25, 0.3) is 11.8 Å². The zero-order chi connectivity index (χ0) is 18.0. The number of methoxy groups -OCH3 is 2. The van der Waals surface area contributed by atoms with Crippen LogP contribution < -0.4 is 9.47 Å². The minimum Gasteiger partial charge on any atom is -0.497 e. The Balaban J connectivity index is 2.08. The fourth-order valence-electron chi connectivity index (χ4n) is 2.82. The molecular weight excluding hydrogens is 322 g/mol. The third kappa shape index (κ3) is 2.99. The standard InChI is InChI=1S/C19H17NO5/c1-24-14-9-7-12(8-10-14)17-15(18(21)20(23)19(17)22)11-13-5-3-4-6-16(13)25-2/h3-10,23H,11H2,1-2H3. The lowest BCUT2D eigenvalue weighted by Gasteiger charge is -2.09. The van der Waals surface area contributed by atoms with Crippen molar-refractivity contribution in [2.24, 2.45) is 0 Å². The fourth-order valence-corrected chi connectivity index (χ4v) is 2.82. The number of benzene rings is 2. The molecule has 1 aliphatic heterocycles. The lowest BCUT2D eigenvalue weighted by Crippen LogP contribution is -2.27. The molecule has 2 aromatic carbocycles. The summed E-state index contributed by atoms with van der Waals surface area (Å²) in [5.41, 5.74) is 1.70. The normalized spacial score (nSPS) is 14.3. The highest BCUT2D eigenvalue weighted by atomic mass is 16.5. The summed E-state index contributed by atoms with van der Waals surface area (Å²) in [7, 11) is 3.08. The lowest BCUT2D eigenvalue weighted by atomic mass is 9.96. The van der Waals surface area contributed by atoms with E-state index in [1.165, 1.54) is 7.11 Å². The van der Waals surface area contributed by atoms with Gasteiger partial charge in [-0.3, -0.25) is 14.8 Å². The van der Waals surface area contributed by atoms with Gasteiger partial charge in [0, 0.05) is 12.0 Å². The van der Waals surface area contributed by atoms with Gasteiger partial charge < -0.3 is 9.47 Å². The summed E-state index contributed by atoms with van der Waals surface area (Å²) in [5.74, 6) is -0.212. The van der Waals surface area contributed by atoms with E-state index in [0.29, 0.717) is 17.1 Å². The largest absolute Gasteiger partial charge is 0.497 e. The number of amides is 2. The van der Waals surface area contributed by atoms with Gasteiger partial charge in [0.15, 0.2) is 0 Å². The highest BCUT2D eigenvalue weighted by Crippen LogP contribution is 2.33. The van der Waals surface area contributed by atoms with Crippen LogP contribution in [0.5, 0.6) is 11.5 Å². The van der Waals surface area contributed by atoms with Crippen LogP contribution in [-0.4, -0.2) is 36.3 Å². The Morgan fingerprint density at radius 1 is 0.920 bits per heavy atom. The zero-order valence-corrected chi connectivity index (χ0v) is 13.9. The van der Waals surface area contributed by atoms with Crippen molar-refractivity contribution in [2.75, 3.05) is 14.2 Å². The number of ether oxygens (including phenoxy) is 2. The second kappa shape index (κ2) is 6.78. The predicted molar refractivity (Wildman–Crippen MR) is 90.3 cm³/mol. The van der Waals surface area contributed by atoms with Gasteiger partial charge >= 0.3 is 0 Å². The van der Waals surface area contributed by atoms with E-state index in [2.05, 4.69) is 0 Å². The Morgan fingerprint density at radius 3 is 2.24 bits per heavy atom. The molecule has 128 valence electrons. The number of carbonyl (C=O) groups excluding carboxylic acids is 2. The Labute approximate surface area is 144 Å².